The second-order valence-electron chi connectivity index (χ2n) is 19.8. The first kappa shape index (κ1) is 44.3. The van der Waals surface area contributed by atoms with Crippen LogP contribution in [0.25, 0.3) is 0 Å². The number of aliphatic hydroxyl groups is 1. The lowest BCUT2D eigenvalue weighted by molar-refractivity contribution is -0.228. The number of benzene rings is 2. The maximum absolute atomic E-state index is 14.8. The van der Waals surface area contributed by atoms with Crippen molar-refractivity contribution in [3.63, 3.8) is 0 Å². The van der Waals surface area contributed by atoms with Crippen molar-refractivity contribution in [2.24, 2.45) is 5.41 Å². The van der Waals surface area contributed by atoms with E-state index in [1.165, 1.54) is 38.1 Å². The van der Waals surface area contributed by atoms with Gasteiger partial charge in [0.25, 0.3) is 0 Å². The number of carbonyl (C=O) groups is 5. The van der Waals surface area contributed by atoms with Gasteiger partial charge in [0.05, 0.1) is 38.5 Å². The number of hydrogen-bond acceptors (Lipinski definition) is 14. The minimum atomic E-state index is -2.38. The fraction of sp³-hybridized carbons (Fsp3) is 0.596. The summed E-state index contributed by atoms with van der Waals surface area (Å²) in [5, 5.41) is 13.4. The molecule has 340 valence electrons. The van der Waals surface area contributed by atoms with Crippen LogP contribution in [-0.4, -0.2) is 134 Å². The van der Waals surface area contributed by atoms with Crippen LogP contribution < -0.4 is 14.5 Å². The number of amides is 2. The molecular weight excluding hydrogens is 813 g/mol. The van der Waals surface area contributed by atoms with Crippen molar-refractivity contribution < 1.29 is 57.5 Å². The number of carbonyl (C=O) groups excluding carboxylic acids is 5. The molecule has 1 spiro atoms. The number of rotatable bonds is 6. The second kappa shape index (κ2) is 14.6. The normalized spacial score (nSPS) is 32.5. The van der Waals surface area contributed by atoms with Crippen LogP contribution in [0.15, 0.2) is 48.6 Å². The monoisotopic (exact) mass is 872 g/mol. The van der Waals surface area contributed by atoms with E-state index in [1.54, 1.807) is 60.7 Å². The summed E-state index contributed by atoms with van der Waals surface area (Å²) in [4.78, 5) is 78.0. The SMILES string of the molecule is CC[C@]12C=CCN3CC[C@@]4(c5cc([C@@]67C[C@@H](C(=O)OC)N(C(=O)OC(C)(C)C)[C@@H]6N(C(=O)OC(C)(C)C)c6ccccc67)c(OC)cc5N(C)C4[C@](O)(C(=O)OC)[C@@H]1OC(C)=O)[C@@H]32. The van der Waals surface area contributed by atoms with E-state index >= 15 is 0 Å². The van der Waals surface area contributed by atoms with E-state index in [0.717, 1.165) is 5.56 Å². The van der Waals surface area contributed by atoms with Crippen LogP contribution in [0.5, 0.6) is 5.75 Å². The minimum Gasteiger partial charge on any atom is -0.496 e. The molecule has 2 aromatic rings. The summed E-state index contributed by atoms with van der Waals surface area (Å²) in [7, 11) is 5.79. The molecule has 5 aliphatic heterocycles. The highest BCUT2D eigenvalue weighted by Gasteiger charge is 2.80. The Kier molecular flexibility index (Phi) is 10.3. The first-order valence-electron chi connectivity index (χ1n) is 21.6. The van der Waals surface area contributed by atoms with Crippen molar-refractivity contribution in [1.82, 2.24) is 9.80 Å². The van der Waals surface area contributed by atoms with Crippen LogP contribution in [0.1, 0.15) is 91.3 Å². The van der Waals surface area contributed by atoms with Gasteiger partial charge in [0.1, 0.15) is 29.2 Å². The van der Waals surface area contributed by atoms with E-state index in [4.69, 9.17) is 28.4 Å². The zero-order chi connectivity index (χ0) is 46.0. The first-order chi connectivity index (χ1) is 29.5. The Bertz CT molecular complexity index is 2300. The predicted molar refractivity (Wildman–Crippen MR) is 229 cm³/mol. The Morgan fingerprint density at radius 2 is 1.52 bits per heavy atom. The van der Waals surface area contributed by atoms with Crippen molar-refractivity contribution in [2.45, 2.75) is 133 Å². The van der Waals surface area contributed by atoms with Crippen LogP contribution in [0.3, 0.4) is 0 Å². The lowest BCUT2D eigenvalue weighted by Crippen LogP contribution is -2.81. The van der Waals surface area contributed by atoms with Gasteiger partial charge in [0.2, 0.25) is 5.60 Å². The maximum atomic E-state index is 14.8. The van der Waals surface area contributed by atoms with E-state index in [1.807, 2.05) is 48.2 Å². The minimum absolute atomic E-state index is 0.0564. The molecule has 2 amide bonds. The molecule has 6 aliphatic rings. The number of likely N-dealkylation sites (N-methyl/N-ethyl adjacent to an activating group) is 1. The third-order valence-electron chi connectivity index (χ3n) is 14.3. The third-order valence-corrected chi connectivity index (χ3v) is 14.3. The smallest absolute Gasteiger partial charge is 0.416 e. The molecule has 0 radical (unpaired) electrons. The molecule has 1 N–H and O–H groups in total. The quantitative estimate of drug-likeness (QED) is 0.228. The van der Waals surface area contributed by atoms with E-state index in [-0.39, 0.29) is 6.42 Å². The van der Waals surface area contributed by atoms with Gasteiger partial charge < -0.3 is 38.4 Å². The lowest BCUT2D eigenvalue weighted by atomic mass is 9.47. The van der Waals surface area contributed by atoms with Crippen molar-refractivity contribution in [3.8, 4) is 5.75 Å². The number of anilines is 2. The zero-order valence-corrected chi connectivity index (χ0v) is 38.3. The van der Waals surface area contributed by atoms with Crippen molar-refractivity contribution in [3.05, 3.63) is 65.2 Å². The van der Waals surface area contributed by atoms with Crippen molar-refractivity contribution in [2.75, 3.05) is 51.3 Å². The van der Waals surface area contributed by atoms with Crippen LogP contribution in [0, 0.1) is 5.41 Å². The highest BCUT2D eigenvalue weighted by Crippen LogP contribution is 2.69. The van der Waals surface area contributed by atoms with E-state index in [0.29, 0.717) is 54.2 Å². The molecule has 63 heavy (non-hydrogen) atoms. The Labute approximate surface area is 368 Å². The number of ether oxygens (including phenoxy) is 6. The Hall–Kier alpha value is -5.35. The standard InChI is InChI=1S/C47H60N4O12/c1-13-44-19-16-21-49-22-20-45(35(44)49)28-23-29(33(58-10)24-31(28)48(9)36(45)47(57,39(54)60-12)37(44)61-26(2)52)46-25-32(34(53)59-11)51(41(56)63-43(6,7)8)38(46)50(40(55)62-42(3,4)5)30-18-15-14-17-27(30)46/h14-19,23-24,32,35-38,57H,13,20-22,25H2,1-12H3/t32-,35-,36?,37+,38-,44+,45+,46-,47+/m0/s1. The number of likely N-dealkylation sites (tertiary alicyclic amines) is 1. The van der Waals surface area contributed by atoms with Crippen molar-refractivity contribution >= 4 is 41.5 Å². The van der Waals surface area contributed by atoms with Gasteiger partial charge in [-0.3, -0.25) is 19.5 Å². The van der Waals surface area contributed by atoms with Gasteiger partial charge in [-0.25, -0.2) is 19.2 Å². The molecule has 0 bridgehead atoms. The van der Waals surface area contributed by atoms with Crippen LogP contribution in [0.2, 0.25) is 0 Å². The molecule has 2 saturated heterocycles. The van der Waals surface area contributed by atoms with Gasteiger partial charge in [-0.05, 0) is 90.6 Å². The van der Waals surface area contributed by atoms with Crippen LogP contribution in [-0.2, 0) is 48.9 Å². The average molecular weight is 873 g/mol. The number of nitrogens with zero attached hydrogens (tertiary/aromatic N) is 4. The van der Waals surface area contributed by atoms with E-state index in [2.05, 4.69) is 4.90 Å². The van der Waals surface area contributed by atoms with Gasteiger partial charge in [-0.1, -0.05) is 37.3 Å². The summed E-state index contributed by atoms with van der Waals surface area (Å²) in [6, 6.07) is 8.53. The Morgan fingerprint density at radius 1 is 0.857 bits per heavy atom. The topological polar surface area (TPSA) is 174 Å². The molecule has 9 atom stereocenters. The predicted octanol–water partition coefficient (Wildman–Crippen LogP) is 5.19. The van der Waals surface area contributed by atoms with Crippen molar-refractivity contribution in [1.29, 1.82) is 0 Å². The molecule has 5 heterocycles. The number of hydrogen-bond donors (Lipinski definition) is 1. The number of methoxy groups -OCH3 is 3. The highest BCUT2D eigenvalue weighted by molar-refractivity contribution is 5.97. The van der Waals surface area contributed by atoms with E-state index < -0.39 is 93.5 Å². The zero-order valence-electron chi connectivity index (χ0n) is 38.3. The highest BCUT2D eigenvalue weighted by atomic mass is 16.6. The molecule has 1 unspecified atom stereocenters. The second-order valence-corrected chi connectivity index (χ2v) is 19.8. The largest absolute Gasteiger partial charge is 0.496 e. The number of esters is 3. The molecule has 8 rings (SSSR count). The fourth-order valence-electron chi connectivity index (χ4n) is 12.6. The molecule has 1 saturated carbocycles. The summed E-state index contributed by atoms with van der Waals surface area (Å²) >= 11 is 0. The van der Waals surface area contributed by atoms with Crippen LogP contribution >= 0.6 is 0 Å². The van der Waals surface area contributed by atoms with Crippen LogP contribution in [0.4, 0.5) is 21.0 Å². The summed E-state index contributed by atoms with van der Waals surface area (Å²) < 4.78 is 35.4. The lowest BCUT2D eigenvalue weighted by Gasteiger charge is -2.63. The fourth-order valence-corrected chi connectivity index (χ4v) is 12.6. The summed E-state index contributed by atoms with van der Waals surface area (Å²) in [5.74, 6) is -1.94. The molecular formula is C47H60N4O12. The molecule has 16 heteroatoms. The Balaban J connectivity index is 1.46. The van der Waals surface area contributed by atoms with Gasteiger partial charge in [0.15, 0.2) is 6.10 Å². The average Bonchev–Trinajstić information content (AvgIpc) is 3.93. The van der Waals surface area contributed by atoms with Gasteiger partial charge >= 0.3 is 30.1 Å². The summed E-state index contributed by atoms with van der Waals surface area (Å²) in [6.07, 6.45) is 0.668. The third kappa shape index (κ3) is 5.95. The molecule has 16 nitrogen and oxygen atoms in total. The summed E-state index contributed by atoms with van der Waals surface area (Å²) in [6.45, 7) is 14.8. The van der Waals surface area contributed by atoms with Gasteiger partial charge in [-0.2, -0.15) is 0 Å². The Morgan fingerprint density at radius 3 is 2.13 bits per heavy atom. The maximum Gasteiger partial charge on any atom is 0.416 e. The molecule has 3 fully saturated rings. The first-order valence-corrected chi connectivity index (χ1v) is 21.6. The number of para-hydroxylation sites is 1. The number of fused-ring (bicyclic) bond motifs is 4. The molecule has 2 aromatic carbocycles. The molecule has 1 aliphatic carbocycles. The summed E-state index contributed by atoms with van der Waals surface area (Å²) in [5.41, 5.74) is -4.72. The molecule has 0 aromatic heterocycles. The van der Waals surface area contributed by atoms with Gasteiger partial charge in [-0.15, -0.1) is 0 Å². The van der Waals surface area contributed by atoms with Gasteiger partial charge in [0, 0.05) is 54.7 Å². The van der Waals surface area contributed by atoms with E-state index in [9.17, 15) is 29.1 Å².